The number of anilines is 1. The zero-order valence-corrected chi connectivity index (χ0v) is 16.7. The van der Waals surface area contributed by atoms with E-state index in [2.05, 4.69) is 21.9 Å². The first-order valence-electron chi connectivity index (χ1n) is 10.7. The van der Waals surface area contributed by atoms with Crippen molar-refractivity contribution in [3.8, 4) is 5.75 Å². The third-order valence-electron chi connectivity index (χ3n) is 6.95. The van der Waals surface area contributed by atoms with Gasteiger partial charge in [-0.1, -0.05) is 19.3 Å². The van der Waals surface area contributed by atoms with Crippen LogP contribution in [0.2, 0.25) is 0 Å². The third-order valence-corrected chi connectivity index (χ3v) is 6.95. The van der Waals surface area contributed by atoms with E-state index in [1.807, 2.05) is 12.1 Å². The van der Waals surface area contributed by atoms with Gasteiger partial charge in [-0.05, 0) is 48.9 Å². The van der Waals surface area contributed by atoms with Crippen molar-refractivity contribution >= 4 is 11.6 Å². The first-order chi connectivity index (χ1) is 13.2. The number of nitrogens with zero attached hydrogens (tertiary/aromatic N) is 2. The normalized spacial score (nSPS) is 26.6. The number of methoxy groups -OCH3 is 1. The monoisotopic (exact) mass is 372 g/mol. The van der Waals surface area contributed by atoms with Gasteiger partial charge in [0.2, 0.25) is 0 Å². The van der Waals surface area contributed by atoms with Gasteiger partial charge in [0, 0.05) is 18.8 Å². The average Bonchev–Trinajstić information content (AvgIpc) is 2.74. The van der Waals surface area contributed by atoms with Gasteiger partial charge >= 0.3 is 0 Å². The van der Waals surface area contributed by atoms with E-state index in [0.29, 0.717) is 12.5 Å². The summed E-state index contributed by atoms with van der Waals surface area (Å²) < 4.78 is 5.24. The van der Waals surface area contributed by atoms with E-state index in [1.165, 1.54) is 42.7 Å². The molecule has 1 aliphatic carbocycles. The maximum Gasteiger partial charge on any atom is 0.277 e. The topological polar surface area (TPSA) is 37.2 Å². The minimum Gasteiger partial charge on any atom is -0.497 e. The molecule has 5 heteroatoms. The molecule has 3 aliphatic rings. The zero-order valence-electron chi connectivity index (χ0n) is 16.7. The molecule has 1 aromatic rings. The van der Waals surface area contributed by atoms with E-state index in [0.717, 1.165) is 56.9 Å². The summed E-state index contributed by atoms with van der Waals surface area (Å²) in [5.74, 6) is 2.95. The number of likely N-dealkylation sites (tertiary alicyclic amines) is 1. The molecule has 1 saturated carbocycles. The van der Waals surface area contributed by atoms with Gasteiger partial charge in [0.05, 0.1) is 33.3 Å². The molecule has 2 saturated heterocycles. The van der Waals surface area contributed by atoms with Crippen LogP contribution in [0.4, 0.5) is 5.69 Å². The molecule has 0 unspecified atom stereocenters. The number of carbonyl (C=O) groups is 1. The lowest BCUT2D eigenvalue weighted by atomic mass is 9.75. The Morgan fingerprint density at radius 2 is 1.74 bits per heavy atom. The van der Waals surface area contributed by atoms with Crippen LogP contribution >= 0.6 is 0 Å². The van der Waals surface area contributed by atoms with E-state index < -0.39 is 0 Å². The SMILES string of the molecule is COc1ccc(N2CC[NH+](CC(=O)N3CC[C@H]4CCCC[C@H]4C3)CC2)cc1. The minimum atomic E-state index is 0.381. The van der Waals surface area contributed by atoms with Crippen molar-refractivity contribution in [2.24, 2.45) is 11.8 Å². The molecule has 0 aromatic heterocycles. The summed E-state index contributed by atoms with van der Waals surface area (Å²) in [5.41, 5.74) is 1.25. The van der Waals surface area contributed by atoms with Crippen molar-refractivity contribution < 1.29 is 14.4 Å². The summed E-state index contributed by atoms with van der Waals surface area (Å²) >= 11 is 0. The highest BCUT2D eigenvalue weighted by Crippen LogP contribution is 2.35. The van der Waals surface area contributed by atoms with Gasteiger partial charge < -0.3 is 19.4 Å². The van der Waals surface area contributed by atoms with Crippen molar-refractivity contribution in [2.75, 3.05) is 57.8 Å². The average molecular weight is 373 g/mol. The smallest absolute Gasteiger partial charge is 0.277 e. The van der Waals surface area contributed by atoms with Gasteiger partial charge in [0.15, 0.2) is 6.54 Å². The first kappa shape index (κ1) is 18.6. The number of piperidine rings is 1. The Bertz CT molecular complexity index is 625. The Morgan fingerprint density at radius 3 is 2.44 bits per heavy atom. The molecular formula is C22H34N3O2+. The van der Waals surface area contributed by atoms with Crippen LogP contribution in [-0.2, 0) is 4.79 Å². The van der Waals surface area contributed by atoms with Gasteiger partial charge in [0.25, 0.3) is 5.91 Å². The van der Waals surface area contributed by atoms with Gasteiger partial charge in [-0.2, -0.15) is 0 Å². The Balaban J connectivity index is 1.24. The third kappa shape index (κ3) is 4.40. The lowest BCUT2D eigenvalue weighted by Gasteiger charge is -2.41. The van der Waals surface area contributed by atoms with Crippen LogP contribution in [0.15, 0.2) is 24.3 Å². The van der Waals surface area contributed by atoms with Crippen LogP contribution in [0.3, 0.4) is 0 Å². The number of ether oxygens (including phenoxy) is 1. The second-order valence-electron chi connectivity index (χ2n) is 8.54. The fraction of sp³-hybridized carbons (Fsp3) is 0.682. The van der Waals surface area contributed by atoms with E-state index in [-0.39, 0.29) is 0 Å². The molecule has 1 amide bonds. The van der Waals surface area contributed by atoms with Crippen molar-refractivity contribution in [1.82, 2.24) is 4.90 Å². The molecule has 5 nitrogen and oxygen atoms in total. The molecule has 148 valence electrons. The maximum absolute atomic E-state index is 12.8. The summed E-state index contributed by atoms with van der Waals surface area (Å²) in [6.07, 6.45) is 6.73. The number of hydrogen-bond acceptors (Lipinski definition) is 3. The Morgan fingerprint density at radius 1 is 1.04 bits per heavy atom. The summed E-state index contributed by atoms with van der Waals surface area (Å²) in [5, 5.41) is 0. The number of hydrogen-bond donors (Lipinski definition) is 1. The molecule has 0 bridgehead atoms. The van der Waals surface area contributed by atoms with Crippen LogP contribution < -0.4 is 14.5 Å². The summed E-state index contributed by atoms with van der Waals surface area (Å²) in [6.45, 7) is 6.79. The van der Waals surface area contributed by atoms with E-state index in [4.69, 9.17) is 4.74 Å². The molecule has 2 aliphatic heterocycles. The molecule has 0 spiro atoms. The number of carbonyl (C=O) groups excluding carboxylic acids is 1. The van der Waals surface area contributed by atoms with Gasteiger partial charge in [0.1, 0.15) is 5.75 Å². The largest absolute Gasteiger partial charge is 0.497 e. The summed E-state index contributed by atoms with van der Waals surface area (Å²) in [6, 6.07) is 8.30. The number of fused-ring (bicyclic) bond motifs is 1. The molecule has 3 fully saturated rings. The quantitative estimate of drug-likeness (QED) is 0.869. The number of benzene rings is 1. The molecule has 0 radical (unpaired) electrons. The highest BCUT2D eigenvalue weighted by molar-refractivity contribution is 5.77. The lowest BCUT2D eigenvalue weighted by Crippen LogP contribution is -3.16. The van der Waals surface area contributed by atoms with Crippen LogP contribution in [0.5, 0.6) is 5.75 Å². The highest BCUT2D eigenvalue weighted by atomic mass is 16.5. The molecule has 27 heavy (non-hydrogen) atoms. The molecule has 2 heterocycles. The zero-order chi connectivity index (χ0) is 18.6. The van der Waals surface area contributed by atoms with Crippen molar-refractivity contribution in [3.63, 3.8) is 0 Å². The summed E-state index contributed by atoms with van der Waals surface area (Å²) in [7, 11) is 1.70. The van der Waals surface area contributed by atoms with E-state index in [1.54, 1.807) is 7.11 Å². The van der Waals surface area contributed by atoms with Crippen LogP contribution in [0, 0.1) is 11.8 Å². The van der Waals surface area contributed by atoms with Crippen LogP contribution in [0.25, 0.3) is 0 Å². The molecule has 1 N–H and O–H groups in total. The highest BCUT2D eigenvalue weighted by Gasteiger charge is 2.34. The minimum absolute atomic E-state index is 0.381. The number of rotatable bonds is 4. The first-order valence-corrected chi connectivity index (χ1v) is 10.7. The Hall–Kier alpha value is -1.75. The van der Waals surface area contributed by atoms with Crippen LogP contribution in [-0.4, -0.2) is 63.7 Å². The number of quaternary nitrogens is 1. The number of nitrogens with one attached hydrogen (secondary N) is 1. The van der Waals surface area contributed by atoms with Crippen molar-refractivity contribution in [2.45, 2.75) is 32.1 Å². The summed E-state index contributed by atoms with van der Waals surface area (Å²) in [4.78, 5) is 18.9. The predicted octanol–water partition coefficient (Wildman–Crippen LogP) is 1.44. The molecular weight excluding hydrogens is 338 g/mol. The molecule has 2 atom stereocenters. The van der Waals surface area contributed by atoms with E-state index in [9.17, 15) is 4.79 Å². The lowest BCUT2D eigenvalue weighted by molar-refractivity contribution is -0.892. The van der Waals surface area contributed by atoms with Crippen molar-refractivity contribution in [1.29, 1.82) is 0 Å². The predicted molar refractivity (Wildman–Crippen MR) is 107 cm³/mol. The van der Waals surface area contributed by atoms with E-state index >= 15 is 0 Å². The van der Waals surface area contributed by atoms with Crippen LogP contribution in [0.1, 0.15) is 32.1 Å². The maximum atomic E-state index is 12.8. The number of amides is 1. The van der Waals surface area contributed by atoms with Gasteiger partial charge in [-0.15, -0.1) is 0 Å². The second-order valence-corrected chi connectivity index (χ2v) is 8.54. The van der Waals surface area contributed by atoms with Gasteiger partial charge in [-0.25, -0.2) is 0 Å². The molecule has 4 rings (SSSR count). The van der Waals surface area contributed by atoms with Crippen molar-refractivity contribution in [3.05, 3.63) is 24.3 Å². The fourth-order valence-electron chi connectivity index (χ4n) is 5.20. The molecule has 1 aromatic carbocycles. The van der Waals surface area contributed by atoms with Gasteiger partial charge in [-0.3, -0.25) is 4.79 Å². The Kier molecular flexibility index (Phi) is 5.86. The second kappa shape index (κ2) is 8.51. The fourth-order valence-corrected chi connectivity index (χ4v) is 5.20. The Labute approximate surface area is 163 Å². The number of piperazine rings is 1. The standard InChI is InChI=1S/C22H33N3O2/c1-27-21-8-6-20(7-9-21)24-14-12-23(13-15-24)17-22(26)25-11-10-18-4-2-3-5-19(18)16-25/h6-9,18-19H,2-5,10-17H2,1H3/p+1/t18-,19+/m1/s1.